The SMILES string of the molecule is CCOc1ccc(C(=O)NC(=S)Nc2ccc(CN3CCOCC3)cc2)cc1Br. The molecule has 0 radical (unpaired) electrons. The molecule has 1 heterocycles. The number of nitrogens with zero attached hydrogens (tertiary/aromatic N) is 1. The lowest BCUT2D eigenvalue weighted by Gasteiger charge is -2.26. The van der Waals surface area contributed by atoms with Crippen LogP contribution < -0.4 is 15.4 Å². The van der Waals surface area contributed by atoms with Crippen LogP contribution in [-0.2, 0) is 11.3 Å². The molecule has 3 rings (SSSR count). The average molecular weight is 478 g/mol. The molecular weight excluding hydrogens is 454 g/mol. The van der Waals surface area contributed by atoms with Crippen molar-refractivity contribution >= 4 is 44.9 Å². The standard InChI is InChI=1S/C21H24BrN3O3S/c1-2-28-19-8-5-16(13-18(19)22)20(26)24-21(29)23-17-6-3-15(4-7-17)14-25-9-11-27-12-10-25/h3-8,13H,2,9-12,14H2,1H3,(H2,23,24,26,29). The van der Waals surface area contributed by atoms with Crippen molar-refractivity contribution in [3.63, 3.8) is 0 Å². The van der Waals surface area contributed by atoms with E-state index in [1.807, 2.05) is 19.1 Å². The number of halogens is 1. The van der Waals surface area contributed by atoms with Gasteiger partial charge in [-0.25, -0.2) is 0 Å². The van der Waals surface area contributed by atoms with Crippen molar-refractivity contribution < 1.29 is 14.3 Å². The van der Waals surface area contributed by atoms with Gasteiger partial charge in [-0.05, 0) is 71.0 Å². The molecule has 0 unspecified atom stereocenters. The summed E-state index contributed by atoms with van der Waals surface area (Å²) in [5.41, 5.74) is 2.55. The van der Waals surface area contributed by atoms with Crippen LogP contribution in [0.25, 0.3) is 0 Å². The van der Waals surface area contributed by atoms with Gasteiger partial charge in [-0.3, -0.25) is 15.0 Å². The molecular formula is C21H24BrN3O3S. The van der Waals surface area contributed by atoms with Crippen molar-refractivity contribution in [3.8, 4) is 5.75 Å². The quantitative estimate of drug-likeness (QED) is 0.616. The van der Waals surface area contributed by atoms with Crippen LogP contribution in [0.3, 0.4) is 0 Å². The lowest BCUT2D eigenvalue weighted by Crippen LogP contribution is -2.35. The van der Waals surface area contributed by atoms with E-state index in [1.165, 1.54) is 5.56 Å². The average Bonchev–Trinajstić information content (AvgIpc) is 2.72. The maximum absolute atomic E-state index is 12.4. The minimum Gasteiger partial charge on any atom is -0.493 e. The smallest absolute Gasteiger partial charge is 0.257 e. The van der Waals surface area contributed by atoms with Crippen molar-refractivity contribution in [2.24, 2.45) is 0 Å². The number of nitrogens with one attached hydrogen (secondary N) is 2. The van der Waals surface area contributed by atoms with Gasteiger partial charge in [0.2, 0.25) is 0 Å². The van der Waals surface area contributed by atoms with Gasteiger partial charge in [0, 0.05) is 30.9 Å². The number of carbonyl (C=O) groups excluding carboxylic acids is 1. The van der Waals surface area contributed by atoms with Gasteiger partial charge in [0.25, 0.3) is 5.91 Å². The Balaban J connectivity index is 1.52. The Morgan fingerprint density at radius 1 is 1.21 bits per heavy atom. The number of carbonyl (C=O) groups is 1. The number of hydrogen-bond acceptors (Lipinski definition) is 5. The molecule has 154 valence electrons. The molecule has 0 aromatic heterocycles. The van der Waals surface area contributed by atoms with Crippen LogP contribution in [0.1, 0.15) is 22.8 Å². The minimum atomic E-state index is -0.282. The second-order valence-corrected chi connectivity index (χ2v) is 7.83. The fraction of sp³-hybridized carbons (Fsp3) is 0.333. The zero-order chi connectivity index (χ0) is 20.6. The van der Waals surface area contributed by atoms with Gasteiger partial charge >= 0.3 is 0 Å². The molecule has 0 saturated carbocycles. The number of morpholine rings is 1. The van der Waals surface area contributed by atoms with Crippen LogP contribution in [0.4, 0.5) is 5.69 Å². The van der Waals surface area contributed by atoms with E-state index in [2.05, 4.69) is 43.6 Å². The molecule has 1 saturated heterocycles. The number of benzene rings is 2. The summed E-state index contributed by atoms with van der Waals surface area (Å²) in [5.74, 6) is 0.414. The minimum absolute atomic E-state index is 0.251. The monoisotopic (exact) mass is 477 g/mol. The third kappa shape index (κ3) is 6.50. The molecule has 0 spiro atoms. The first kappa shape index (κ1) is 21.7. The predicted molar refractivity (Wildman–Crippen MR) is 122 cm³/mol. The summed E-state index contributed by atoms with van der Waals surface area (Å²) in [4.78, 5) is 14.8. The maximum atomic E-state index is 12.4. The Morgan fingerprint density at radius 3 is 2.59 bits per heavy atom. The molecule has 2 N–H and O–H groups in total. The van der Waals surface area contributed by atoms with Gasteiger partial charge in [-0.1, -0.05) is 12.1 Å². The van der Waals surface area contributed by atoms with Gasteiger partial charge in [-0.2, -0.15) is 0 Å². The molecule has 0 bridgehead atoms. The van der Waals surface area contributed by atoms with Gasteiger partial charge in [0.15, 0.2) is 5.11 Å². The summed E-state index contributed by atoms with van der Waals surface area (Å²) in [6, 6.07) is 13.2. The van der Waals surface area contributed by atoms with E-state index in [-0.39, 0.29) is 11.0 Å². The topological polar surface area (TPSA) is 62.8 Å². The third-order valence-corrected chi connectivity index (χ3v) is 5.27. The number of rotatable bonds is 6. The zero-order valence-corrected chi connectivity index (χ0v) is 18.6. The highest BCUT2D eigenvalue weighted by Crippen LogP contribution is 2.26. The number of ether oxygens (including phenoxy) is 2. The van der Waals surface area contributed by atoms with Crippen LogP contribution in [0, 0.1) is 0 Å². The van der Waals surface area contributed by atoms with Gasteiger partial charge < -0.3 is 14.8 Å². The zero-order valence-electron chi connectivity index (χ0n) is 16.2. The van der Waals surface area contributed by atoms with E-state index in [4.69, 9.17) is 21.7 Å². The fourth-order valence-corrected chi connectivity index (χ4v) is 3.67. The highest BCUT2D eigenvalue weighted by atomic mass is 79.9. The van der Waals surface area contributed by atoms with E-state index in [1.54, 1.807) is 18.2 Å². The lowest BCUT2D eigenvalue weighted by molar-refractivity contribution is 0.0342. The van der Waals surface area contributed by atoms with E-state index in [0.29, 0.717) is 17.9 Å². The Labute approximate surface area is 184 Å². The van der Waals surface area contributed by atoms with Crippen LogP contribution in [0.15, 0.2) is 46.9 Å². The summed E-state index contributed by atoms with van der Waals surface area (Å²) in [6.45, 7) is 6.86. The first-order valence-corrected chi connectivity index (χ1v) is 10.7. The molecule has 2 aromatic rings. The van der Waals surface area contributed by atoms with Crippen LogP contribution in [0.5, 0.6) is 5.75 Å². The third-order valence-electron chi connectivity index (χ3n) is 4.44. The van der Waals surface area contributed by atoms with E-state index in [0.717, 1.165) is 43.0 Å². The predicted octanol–water partition coefficient (Wildman–Crippen LogP) is 3.81. The van der Waals surface area contributed by atoms with Crippen molar-refractivity contribution in [2.75, 3.05) is 38.2 Å². The van der Waals surface area contributed by atoms with Gasteiger partial charge in [-0.15, -0.1) is 0 Å². The maximum Gasteiger partial charge on any atom is 0.257 e. The Bertz CT molecular complexity index is 855. The number of thiocarbonyl (C=S) groups is 1. The molecule has 1 fully saturated rings. The molecule has 2 aromatic carbocycles. The molecule has 6 nitrogen and oxygen atoms in total. The summed E-state index contributed by atoms with van der Waals surface area (Å²) in [5, 5.41) is 6.00. The van der Waals surface area contributed by atoms with Crippen molar-refractivity contribution in [1.82, 2.24) is 10.2 Å². The van der Waals surface area contributed by atoms with Gasteiger partial charge in [0.1, 0.15) is 5.75 Å². The second kappa shape index (κ2) is 10.7. The van der Waals surface area contributed by atoms with Crippen molar-refractivity contribution in [1.29, 1.82) is 0 Å². The lowest BCUT2D eigenvalue weighted by atomic mass is 10.2. The second-order valence-electron chi connectivity index (χ2n) is 6.57. The normalized spacial score (nSPS) is 14.3. The van der Waals surface area contributed by atoms with Crippen LogP contribution in [-0.4, -0.2) is 48.8 Å². The molecule has 1 amide bonds. The Kier molecular flexibility index (Phi) is 8.00. The van der Waals surface area contributed by atoms with E-state index >= 15 is 0 Å². The van der Waals surface area contributed by atoms with Crippen molar-refractivity contribution in [2.45, 2.75) is 13.5 Å². The molecule has 8 heteroatoms. The van der Waals surface area contributed by atoms with E-state index in [9.17, 15) is 4.79 Å². The largest absolute Gasteiger partial charge is 0.493 e. The number of anilines is 1. The van der Waals surface area contributed by atoms with Crippen LogP contribution in [0.2, 0.25) is 0 Å². The number of hydrogen-bond donors (Lipinski definition) is 2. The van der Waals surface area contributed by atoms with E-state index < -0.39 is 0 Å². The first-order valence-electron chi connectivity index (χ1n) is 9.49. The summed E-state index contributed by atoms with van der Waals surface area (Å²) in [6.07, 6.45) is 0. The van der Waals surface area contributed by atoms with Crippen molar-refractivity contribution in [3.05, 3.63) is 58.1 Å². The molecule has 0 aliphatic carbocycles. The molecule has 29 heavy (non-hydrogen) atoms. The molecule has 0 atom stereocenters. The summed E-state index contributed by atoms with van der Waals surface area (Å²) >= 11 is 8.69. The number of amides is 1. The van der Waals surface area contributed by atoms with Gasteiger partial charge in [0.05, 0.1) is 24.3 Å². The highest BCUT2D eigenvalue weighted by Gasteiger charge is 2.12. The molecule has 1 aliphatic heterocycles. The highest BCUT2D eigenvalue weighted by molar-refractivity contribution is 9.10. The summed E-state index contributed by atoms with van der Waals surface area (Å²) in [7, 11) is 0. The Morgan fingerprint density at radius 2 is 1.93 bits per heavy atom. The first-order chi connectivity index (χ1) is 14.0. The fourth-order valence-electron chi connectivity index (χ4n) is 2.96. The molecule has 1 aliphatic rings. The Hall–Kier alpha value is -2.00. The van der Waals surface area contributed by atoms with Crippen LogP contribution >= 0.6 is 28.1 Å². The summed E-state index contributed by atoms with van der Waals surface area (Å²) < 4.78 is 11.6.